The second-order valence-corrected chi connectivity index (χ2v) is 6.35. The van der Waals surface area contributed by atoms with E-state index in [1.54, 1.807) is 42.5 Å². The van der Waals surface area contributed by atoms with E-state index in [0.717, 1.165) is 10.1 Å². The number of halogens is 4. The van der Waals surface area contributed by atoms with Gasteiger partial charge in [0, 0.05) is 16.8 Å². The molecule has 0 aliphatic rings. The predicted octanol–water partition coefficient (Wildman–Crippen LogP) is 5.04. The Kier molecular flexibility index (Phi) is 4.64. The van der Waals surface area contributed by atoms with E-state index in [4.69, 9.17) is 16.3 Å². The fourth-order valence-electron chi connectivity index (χ4n) is 2.60. The Hall–Kier alpha value is -3.13. The predicted molar refractivity (Wildman–Crippen MR) is 97.0 cm³/mol. The van der Waals surface area contributed by atoms with Crippen molar-refractivity contribution in [3.8, 4) is 17.0 Å². The number of hydrogen-bond acceptors (Lipinski definition) is 4. The number of hydrogen-bond donors (Lipinski definition) is 0. The van der Waals surface area contributed by atoms with Crippen molar-refractivity contribution in [2.45, 2.75) is 12.8 Å². The molecule has 5 nitrogen and oxygen atoms in total. The highest BCUT2D eigenvalue weighted by Gasteiger charge is 2.36. The number of nitrogens with zero attached hydrogens (tertiary/aromatic N) is 4. The van der Waals surface area contributed by atoms with Crippen LogP contribution in [0, 0.1) is 0 Å². The number of alkyl halides is 3. The Bertz CT molecular complexity index is 1110. The molecule has 0 aliphatic carbocycles. The van der Waals surface area contributed by atoms with Gasteiger partial charge in [-0.1, -0.05) is 23.7 Å². The number of ether oxygens (including phenoxy) is 1. The molecule has 0 radical (unpaired) electrons. The Morgan fingerprint density at radius 3 is 2.36 bits per heavy atom. The van der Waals surface area contributed by atoms with Gasteiger partial charge in [0.25, 0.3) is 11.6 Å². The van der Waals surface area contributed by atoms with Gasteiger partial charge < -0.3 is 4.74 Å². The zero-order chi connectivity index (χ0) is 19.7. The molecule has 0 N–H and O–H groups in total. The normalized spacial score (nSPS) is 11.7. The average molecular weight is 405 g/mol. The Morgan fingerprint density at radius 1 is 0.964 bits per heavy atom. The highest BCUT2D eigenvalue weighted by atomic mass is 35.5. The summed E-state index contributed by atoms with van der Waals surface area (Å²) >= 11 is 5.85. The smallest absolute Gasteiger partial charge is 0.453 e. The molecule has 0 saturated carbocycles. The van der Waals surface area contributed by atoms with Gasteiger partial charge in [0.05, 0.1) is 5.69 Å². The lowest BCUT2D eigenvalue weighted by atomic mass is 10.1. The summed E-state index contributed by atoms with van der Waals surface area (Å²) in [5.41, 5.74) is 2.06. The average Bonchev–Trinajstić information content (AvgIpc) is 3.13. The lowest BCUT2D eigenvalue weighted by Crippen LogP contribution is -2.07. The second-order valence-electron chi connectivity index (χ2n) is 5.91. The van der Waals surface area contributed by atoms with Gasteiger partial charge >= 0.3 is 6.18 Å². The first kappa shape index (κ1) is 18.2. The molecule has 28 heavy (non-hydrogen) atoms. The quantitative estimate of drug-likeness (QED) is 0.478. The van der Waals surface area contributed by atoms with Crippen molar-refractivity contribution >= 4 is 17.4 Å². The molecule has 0 unspecified atom stereocenters. The maximum atomic E-state index is 12.9. The van der Waals surface area contributed by atoms with Crippen LogP contribution in [0.5, 0.6) is 5.75 Å². The molecule has 4 aromatic rings. The van der Waals surface area contributed by atoms with Gasteiger partial charge in [-0.15, -0.1) is 5.10 Å². The summed E-state index contributed by atoms with van der Waals surface area (Å²) in [6.07, 6.45) is -3.24. The van der Waals surface area contributed by atoms with Crippen LogP contribution in [0.3, 0.4) is 0 Å². The standard InChI is InChI=1S/C19H12ClF3N4O/c20-14-5-1-12(2-6-14)11-28-15-7-3-13(4-8-15)16-9-10-24-18-25-17(19(21,22)23)26-27(16)18/h1-10H,11H2. The topological polar surface area (TPSA) is 52.3 Å². The van der Waals surface area contributed by atoms with E-state index in [9.17, 15) is 13.2 Å². The van der Waals surface area contributed by atoms with Gasteiger partial charge in [-0.25, -0.2) is 4.98 Å². The Morgan fingerprint density at radius 2 is 1.68 bits per heavy atom. The molecule has 142 valence electrons. The molecule has 0 amide bonds. The number of rotatable bonds is 4. The van der Waals surface area contributed by atoms with Crippen molar-refractivity contribution in [3.05, 3.63) is 77.2 Å². The van der Waals surface area contributed by atoms with E-state index in [2.05, 4.69) is 15.1 Å². The van der Waals surface area contributed by atoms with Gasteiger partial charge in [-0.05, 0) is 48.0 Å². The van der Waals surface area contributed by atoms with Crippen LogP contribution in [0.2, 0.25) is 5.02 Å². The molecular weight excluding hydrogens is 393 g/mol. The molecule has 0 aliphatic heterocycles. The summed E-state index contributed by atoms with van der Waals surface area (Å²) in [7, 11) is 0. The van der Waals surface area contributed by atoms with E-state index in [1.165, 1.54) is 6.20 Å². The van der Waals surface area contributed by atoms with Crippen LogP contribution in [-0.2, 0) is 12.8 Å². The summed E-state index contributed by atoms with van der Waals surface area (Å²) in [5, 5.41) is 4.19. The van der Waals surface area contributed by atoms with E-state index in [1.807, 2.05) is 12.1 Å². The minimum atomic E-state index is -4.63. The molecule has 0 fully saturated rings. The van der Waals surface area contributed by atoms with Crippen molar-refractivity contribution in [2.24, 2.45) is 0 Å². The molecule has 0 atom stereocenters. The zero-order valence-corrected chi connectivity index (χ0v) is 14.9. The van der Waals surface area contributed by atoms with Crippen LogP contribution in [0.15, 0.2) is 60.8 Å². The molecule has 0 bridgehead atoms. The van der Waals surface area contributed by atoms with Crippen LogP contribution in [-0.4, -0.2) is 19.6 Å². The molecule has 2 aromatic heterocycles. The minimum Gasteiger partial charge on any atom is -0.489 e. The van der Waals surface area contributed by atoms with Gasteiger partial charge in [0.1, 0.15) is 12.4 Å². The van der Waals surface area contributed by atoms with E-state index in [0.29, 0.717) is 28.6 Å². The van der Waals surface area contributed by atoms with Gasteiger partial charge in [0.15, 0.2) is 0 Å². The fraction of sp³-hybridized carbons (Fsp3) is 0.105. The molecule has 9 heteroatoms. The van der Waals surface area contributed by atoms with Crippen molar-refractivity contribution < 1.29 is 17.9 Å². The monoisotopic (exact) mass is 404 g/mol. The highest BCUT2D eigenvalue weighted by molar-refractivity contribution is 6.30. The lowest BCUT2D eigenvalue weighted by Gasteiger charge is -2.08. The van der Waals surface area contributed by atoms with E-state index >= 15 is 0 Å². The van der Waals surface area contributed by atoms with E-state index < -0.39 is 12.0 Å². The van der Waals surface area contributed by atoms with Gasteiger partial charge in [-0.2, -0.15) is 22.7 Å². The Balaban J connectivity index is 1.57. The summed E-state index contributed by atoms with van der Waals surface area (Å²) in [6, 6.07) is 15.8. The molecule has 4 rings (SSSR count). The summed E-state index contributed by atoms with van der Waals surface area (Å²) in [5.74, 6) is -0.721. The van der Waals surface area contributed by atoms with Gasteiger partial charge in [-0.3, -0.25) is 0 Å². The summed E-state index contributed by atoms with van der Waals surface area (Å²) in [6.45, 7) is 0.369. The third-order valence-corrected chi connectivity index (χ3v) is 4.22. The Labute approximate surface area is 162 Å². The number of aromatic nitrogens is 4. The fourth-order valence-corrected chi connectivity index (χ4v) is 2.73. The lowest BCUT2D eigenvalue weighted by molar-refractivity contribution is -0.144. The van der Waals surface area contributed by atoms with Crippen LogP contribution < -0.4 is 4.74 Å². The summed E-state index contributed by atoms with van der Waals surface area (Å²) < 4.78 is 45.4. The van der Waals surface area contributed by atoms with Crippen LogP contribution >= 0.6 is 11.6 Å². The van der Waals surface area contributed by atoms with Crippen molar-refractivity contribution in [2.75, 3.05) is 0 Å². The number of benzene rings is 2. The largest absolute Gasteiger partial charge is 0.489 e. The van der Waals surface area contributed by atoms with Crippen molar-refractivity contribution in [3.63, 3.8) is 0 Å². The molecule has 2 heterocycles. The molecular formula is C19H12ClF3N4O. The first-order chi connectivity index (χ1) is 13.4. The van der Waals surface area contributed by atoms with Crippen molar-refractivity contribution in [1.82, 2.24) is 19.6 Å². The summed E-state index contributed by atoms with van der Waals surface area (Å²) in [4.78, 5) is 7.28. The maximum Gasteiger partial charge on any atom is 0.453 e. The van der Waals surface area contributed by atoms with Crippen LogP contribution in [0.1, 0.15) is 11.4 Å². The van der Waals surface area contributed by atoms with E-state index in [-0.39, 0.29) is 5.78 Å². The highest BCUT2D eigenvalue weighted by Crippen LogP contribution is 2.28. The van der Waals surface area contributed by atoms with Gasteiger partial charge in [0.2, 0.25) is 0 Å². The third kappa shape index (κ3) is 3.77. The minimum absolute atomic E-state index is 0.118. The maximum absolute atomic E-state index is 12.9. The first-order valence-electron chi connectivity index (χ1n) is 8.17. The van der Waals surface area contributed by atoms with Crippen LogP contribution in [0.25, 0.3) is 17.0 Å². The first-order valence-corrected chi connectivity index (χ1v) is 8.54. The third-order valence-electron chi connectivity index (χ3n) is 3.96. The molecule has 0 saturated heterocycles. The van der Waals surface area contributed by atoms with Crippen LogP contribution in [0.4, 0.5) is 13.2 Å². The molecule has 0 spiro atoms. The SMILES string of the molecule is FC(F)(F)c1nc2nccc(-c3ccc(OCc4ccc(Cl)cc4)cc3)n2n1. The zero-order valence-electron chi connectivity index (χ0n) is 14.2. The molecule has 2 aromatic carbocycles. The van der Waals surface area contributed by atoms with Crippen molar-refractivity contribution in [1.29, 1.82) is 0 Å². The number of fused-ring (bicyclic) bond motifs is 1. The second kappa shape index (κ2) is 7.12.